The molecule has 0 spiro atoms. The molecule has 0 atom stereocenters. The van der Waals surface area contributed by atoms with Gasteiger partial charge in [0.2, 0.25) is 0 Å². The highest BCUT2D eigenvalue weighted by molar-refractivity contribution is 6.37. The summed E-state index contributed by atoms with van der Waals surface area (Å²) in [6.07, 6.45) is 0. The van der Waals surface area contributed by atoms with E-state index in [1.165, 1.54) is 81.5 Å². The molecule has 3 nitrogen and oxygen atoms in total. The second-order valence-electron chi connectivity index (χ2n) is 15.5. The van der Waals surface area contributed by atoms with Crippen molar-refractivity contribution in [2.75, 3.05) is 0 Å². The van der Waals surface area contributed by atoms with Gasteiger partial charge in [0.1, 0.15) is 0 Å². The molecule has 11 aromatic rings. The molecular formula is C52H33N3. The predicted molar refractivity (Wildman–Crippen MR) is 230 cm³/mol. The van der Waals surface area contributed by atoms with Gasteiger partial charge < -0.3 is 0 Å². The minimum Gasteiger partial charge on any atom is -0.208 e. The van der Waals surface area contributed by atoms with Crippen LogP contribution in [0, 0.1) is 0 Å². The van der Waals surface area contributed by atoms with Crippen molar-refractivity contribution in [2.45, 2.75) is 19.3 Å². The molecular weight excluding hydrogens is 667 g/mol. The van der Waals surface area contributed by atoms with Crippen LogP contribution in [0.15, 0.2) is 164 Å². The summed E-state index contributed by atoms with van der Waals surface area (Å²) in [6.45, 7) is 4.64. The molecule has 0 N–H and O–H groups in total. The van der Waals surface area contributed by atoms with E-state index in [2.05, 4.69) is 159 Å². The molecule has 0 radical (unpaired) electrons. The first-order valence-corrected chi connectivity index (χ1v) is 19.0. The van der Waals surface area contributed by atoms with Crippen molar-refractivity contribution >= 4 is 64.6 Å². The zero-order chi connectivity index (χ0) is 36.4. The average Bonchev–Trinajstić information content (AvgIpc) is 3.48. The second-order valence-corrected chi connectivity index (χ2v) is 15.5. The monoisotopic (exact) mass is 699 g/mol. The van der Waals surface area contributed by atoms with E-state index >= 15 is 0 Å². The Balaban J connectivity index is 1.21. The van der Waals surface area contributed by atoms with Crippen LogP contribution < -0.4 is 0 Å². The van der Waals surface area contributed by atoms with Crippen molar-refractivity contribution in [3.05, 3.63) is 175 Å². The summed E-state index contributed by atoms with van der Waals surface area (Å²) in [5, 5.41) is 15.0. The molecule has 0 aliphatic heterocycles. The molecule has 0 bridgehead atoms. The van der Waals surface area contributed by atoms with Crippen molar-refractivity contribution in [2.24, 2.45) is 0 Å². The zero-order valence-corrected chi connectivity index (χ0v) is 30.4. The van der Waals surface area contributed by atoms with Gasteiger partial charge in [0, 0.05) is 22.1 Å². The molecule has 1 aromatic heterocycles. The van der Waals surface area contributed by atoms with Gasteiger partial charge in [-0.2, -0.15) is 0 Å². The Morgan fingerprint density at radius 2 is 0.836 bits per heavy atom. The lowest BCUT2D eigenvalue weighted by atomic mass is 9.80. The summed E-state index contributed by atoms with van der Waals surface area (Å²) in [5.41, 5.74) is 7.85. The maximum absolute atomic E-state index is 5.41. The largest absolute Gasteiger partial charge is 0.208 e. The van der Waals surface area contributed by atoms with E-state index in [0.29, 0.717) is 17.5 Å². The van der Waals surface area contributed by atoms with Crippen LogP contribution in [0.2, 0.25) is 0 Å². The second kappa shape index (κ2) is 11.0. The van der Waals surface area contributed by atoms with Crippen molar-refractivity contribution in [3.63, 3.8) is 0 Å². The smallest absolute Gasteiger partial charge is 0.164 e. The molecule has 10 aromatic carbocycles. The molecule has 0 saturated heterocycles. The van der Waals surface area contributed by atoms with E-state index in [4.69, 9.17) is 15.0 Å². The standard InChI is InChI=1S/C52H33N3/c1-52(2)43-23-7-6-17-36(43)40-21-11-22-41(48(40)52)51-54-49(33-12-4-3-5-13-33)53-50(55-51)35-28-34-27-26-32-15-9-19-38-37-18-8-14-30-24-25-31-16-10-20-39(46(31)44(30)37)42(29-35)47(34)45(32)38/h3-29H,1-2H3. The minimum absolute atomic E-state index is 0.221. The Labute approximate surface area is 317 Å². The van der Waals surface area contributed by atoms with E-state index < -0.39 is 0 Å². The summed E-state index contributed by atoms with van der Waals surface area (Å²) in [7, 11) is 0. The summed E-state index contributed by atoms with van der Waals surface area (Å²) < 4.78 is 0. The molecule has 256 valence electrons. The maximum Gasteiger partial charge on any atom is 0.164 e. The predicted octanol–water partition coefficient (Wildman–Crippen LogP) is 13.5. The Morgan fingerprint density at radius 1 is 0.345 bits per heavy atom. The highest BCUT2D eigenvalue weighted by Crippen LogP contribution is 2.52. The third-order valence-corrected chi connectivity index (χ3v) is 12.2. The fourth-order valence-electron chi connectivity index (χ4n) is 9.79. The van der Waals surface area contributed by atoms with Crippen LogP contribution in [-0.4, -0.2) is 15.0 Å². The molecule has 0 unspecified atom stereocenters. The van der Waals surface area contributed by atoms with Gasteiger partial charge in [0.05, 0.1) is 0 Å². The van der Waals surface area contributed by atoms with Gasteiger partial charge in [-0.1, -0.05) is 166 Å². The van der Waals surface area contributed by atoms with E-state index in [1.54, 1.807) is 0 Å². The summed E-state index contributed by atoms with van der Waals surface area (Å²) in [6, 6.07) is 59.5. The first-order chi connectivity index (χ1) is 27.0. The molecule has 3 heteroatoms. The minimum atomic E-state index is -0.221. The number of rotatable bonds is 3. The molecule has 0 saturated carbocycles. The number of fused-ring (bicyclic) bond motifs is 5. The number of benzene rings is 9. The van der Waals surface area contributed by atoms with E-state index in [-0.39, 0.29) is 5.41 Å². The Kier molecular flexibility index (Phi) is 6.12. The van der Waals surface area contributed by atoms with Crippen LogP contribution in [0.5, 0.6) is 0 Å². The van der Waals surface area contributed by atoms with Gasteiger partial charge in [0.25, 0.3) is 0 Å². The maximum atomic E-state index is 5.41. The molecule has 1 aliphatic carbocycles. The lowest BCUT2D eigenvalue weighted by Crippen LogP contribution is -2.17. The number of hydrogen-bond donors (Lipinski definition) is 0. The Hall–Kier alpha value is -6.97. The third-order valence-electron chi connectivity index (χ3n) is 12.2. The highest BCUT2D eigenvalue weighted by atomic mass is 15.0. The Morgan fingerprint density at radius 3 is 1.51 bits per heavy atom. The van der Waals surface area contributed by atoms with E-state index in [0.717, 1.165) is 22.1 Å². The van der Waals surface area contributed by atoms with Crippen LogP contribution in [0.25, 0.3) is 110 Å². The molecule has 0 fully saturated rings. The van der Waals surface area contributed by atoms with Crippen LogP contribution in [0.1, 0.15) is 25.0 Å². The molecule has 55 heavy (non-hydrogen) atoms. The highest BCUT2D eigenvalue weighted by Gasteiger charge is 2.38. The number of aromatic nitrogens is 3. The number of nitrogens with zero attached hydrogens (tertiary/aromatic N) is 3. The van der Waals surface area contributed by atoms with E-state index in [9.17, 15) is 0 Å². The van der Waals surface area contributed by atoms with Gasteiger partial charge >= 0.3 is 0 Å². The molecule has 0 amide bonds. The first kappa shape index (κ1) is 30.5. The van der Waals surface area contributed by atoms with Crippen molar-refractivity contribution in [1.82, 2.24) is 15.0 Å². The summed E-state index contributed by atoms with van der Waals surface area (Å²) >= 11 is 0. The van der Waals surface area contributed by atoms with E-state index in [1.807, 2.05) is 18.2 Å². The Bertz CT molecular complexity index is 3390. The number of hydrogen-bond acceptors (Lipinski definition) is 3. The van der Waals surface area contributed by atoms with Crippen LogP contribution in [-0.2, 0) is 5.41 Å². The molecule has 12 rings (SSSR count). The lowest BCUT2D eigenvalue weighted by Gasteiger charge is -2.24. The summed E-state index contributed by atoms with van der Waals surface area (Å²) in [4.78, 5) is 15.9. The lowest BCUT2D eigenvalue weighted by molar-refractivity contribution is 0.661. The van der Waals surface area contributed by atoms with Crippen LogP contribution in [0.3, 0.4) is 0 Å². The van der Waals surface area contributed by atoms with Crippen LogP contribution >= 0.6 is 0 Å². The zero-order valence-electron chi connectivity index (χ0n) is 30.4. The van der Waals surface area contributed by atoms with Gasteiger partial charge in [-0.3, -0.25) is 0 Å². The SMILES string of the molecule is CC1(C)c2ccccc2-c2cccc(-c3nc(-c4ccccc4)nc(-c4cc5ccc6cccc7c8cccc9ccc%10cccc(c(c4)c5c67)c%10c98)n3)c21. The molecule has 1 heterocycles. The quantitative estimate of drug-likeness (QED) is 0.172. The first-order valence-electron chi connectivity index (χ1n) is 19.0. The third kappa shape index (κ3) is 4.24. The van der Waals surface area contributed by atoms with Gasteiger partial charge in [-0.15, -0.1) is 0 Å². The van der Waals surface area contributed by atoms with Crippen molar-refractivity contribution < 1.29 is 0 Å². The topological polar surface area (TPSA) is 38.7 Å². The average molecular weight is 700 g/mol. The van der Waals surface area contributed by atoms with Crippen molar-refractivity contribution in [3.8, 4) is 45.3 Å². The van der Waals surface area contributed by atoms with Crippen molar-refractivity contribution in [1.29, 1.82) is 0 Å². The molecule has 1 aliphatic rings. The van der Waals surface area contributed by atoms with Gasteiger partial charge in [-0.25, -0.2) is 15.0 Å². The van der Waals surface area contributed by atoms with Crippen LogP contribution in [0.4, 0.5) is 0 Å². The fourth-order valence-corrected chi connectivity index (χ4v) is 9.79. The summed E-state index contributed by atoms with van der Waals surface area (Å²) in [5.74, 6) is 2.01. The van der Waals surface area contributed by atoms with Gasteiger partial charge in [-0.05, 0) is 99.0 Å². The fraction of sp³-hybridized carbons (Fsp3) is 0.0577. The van der Waals surface area contributed by atoms with Gasteiger partial charge in [0.15, 0.2) is 17.5 Å². The normalized spacial score (nSPS) is 13.4.